The van der Waals surface area contributed by atoms with Crippen molar-refractivity contribution in [1.29, 1.82) is 0 Å². The summed E-state index contributed by atoms with van der Waals surface area (Å²) < 4.78 is 1.76. The molecular formula is C14H19ClN4. The number of nitrogens with two attached hydrogens (primary N) is 1. The average molecular weight is 279 g/mol. The van der Waals surface area contributed by atoms with Gasteiger partial charge in [0.2, 0.25) is 0 Å². The molecule has 0 fully saturated rings. The Hall–Kier alpha value is -1.68. The van der Waals surface area contributed by atoms with Gasteiger partial charge in [0.25, 0.3) is 0 Å². The van der Waals surface area contributed by atoms with Gasteiger partial charge in [-0.2, -0.15) is 5.10 Å². The van der Waals surface area contributed by atoms with Crippen molar-refractivity contribution in [1.82, 2.24) is 9.78 Å². The molecule has 102 valence electrons. The fourth-order valence-electron chi connectivity index (χ4n) is 2.04. The fraction of sp³-hybridized carbons (Fsp3) is 0.357. The Kier molecular flexibility index (Phi) is 3.71. The zero-order chi connectivity index (χ0) is 14.2. The molecule has 0 bridgehead atoms. The molecule has 2 aromatic rings. The number of rotatable bonds is 3. The van der Waals surface area contributed by atoms with E-state index < -0.39 is 0 Å². The van der Waals surface area contributed by atoms with Crippen LogP contribution in [0.2, 0.25) is 5.02 Å². The Morgan fingerprint density at radius 2 is 2.05 bits per heavy atom. The summed E-state index contributed by atoms with van der Waals surface area (Å²) in [5.41, 5.74) is 9.68. The smallest absolute Gasteiger partial charge is 0.152 e. The quantitative estimate of drug-likeness (QED) is 0.897. The van der Waals surface area contributed by atoms with Crippen LogP contribution in [0.25, 0.3) is 0 Å². The van der Waals surface area contributed by atoms with Gasteiger partial charge in [0.05, 0.1) is 22.1 Å². The van der Waals surface area contributed by atoms with Gasteiger partial charge in [-0.05, 0) is 24.5 Å². The molecule has 2 rings (SSSR count). The lowest BCUT2D eigenvalue weighted by Crippen LogP contribution is -2.03. The first-order valence-electron chi connectivity index (χ1n) is 6.26. The van der Waals surface area contributed by atoms with Crippen LogP contribution in [0.4, 0.5) is 17.2 Å². The molecule has 4 nitrogen and oxygen atoms in total. The molecular weight excluding hydrogens is 260 g/mol. The van der Waals surface area contributed by atoms with Crippen LogP contribution in [0.1, 0.15) is 31.0 Å². The Labute approximate surface area is 118 Å². The average Bonchev–Trinajstić information content (AvgIpc) is 2.61. The van der Waals surface area contributed by atoms with Crippen molar-refractivity contribution < 1.29 is 0 Å². The van der Waals surface area contributed by atoms with Gasteiger partial charge in [0, 0.05) is 7.05 Å². The van der Waals surface area contributed by atoms with Crippen LogP contribution < -0.4 is 11.1 Å². The van der Waals surface area contributed by atoms with Gasteiger partial charge < -0.3 is 11.1 Å². The molecule has 0 atom stereocenters. The highest BCUT2D eigenvalue weighted by Gasteiger charge is 2.17. The predicted octanol–water partition coefficient (Wildman–Crippen LogP) is 3.83. The van der Waals surface area contributed by atoms with Crippen LogP contribution >= 0.6 is 11.6 Å². The first kappa shape index (κ1) is 13.7. The molecule has 19 heavy (non-hydrogen) atoms. The van der Waals surface area contributed by atoms with Crippen LogP contribution in [-0.4, -0.2) is 9.78 Å². The van der Waals surface area contributed by atoms with Gasteiger partial charge in [-0.3, -0.25) is 4.68 Å². The molecule has 0 radical (unpaired) electrons. The zero-order valence-corrected chi connectivity index (χ0v) is 12.4. The summed E-state index contributed by atoms with van der Waals surface area (Å²) in [7, 11) is 1.87. The summed E-state index contributed by atoms with van der Waals surface area (Å²) in [6.45, 7) is 6.15. The lowest BCUT2D eigenvalue weighted by molar-refractivity contribution is 0.718. The zero-order valence-electron chi connectivity index (χ0n) is 11.7. The molecule has 0 aliphatic heterocycles. The highest BCUT2D eigenvalue weighted by atomic mass is 35.5. The lowest BCUT2D eigenvalue weighted by atomic mass is 10.1. The molecule has 1 aromatic heterocycles. The fourth-order valence-corrected chi connectivity index (χ4v) is 2.31. The number of anilines is 3. The summed E-state index contributed by atoms with van der Waals surface area (Å²) >= 11 is 6.22. The summed E-state index contributed by atoms with van der Waals surface area (Å²) in [5, 5.41) is 8.42. The number of benzene rings is 1. The van der Waals surface area contributed by atoms with E-state index in [1.807, 2.05) is 32.2 Å². The summed E-state index contributed by atoms with van der Waals surface area (Å²) in [6.07, 6.45) is 0. The number of halogens is 1. The highest BCUT2D eigenvalue weighted by molar-refractivity contribution is 6.33. The minimum Gasteiger partial charge on any atom is -0.394 e. The van der Waals surface area contributed by atoms with Gasteiger partial charge in [-0.15, -0.1) is 0 Å². The molecule has 0 unspecified atom stereocenters. The number of aromatic nitrogens is 2. The molecule has 5 heteroatoms. The van der Waals surface area contributed by atoms with Crippen LogP contribution in [0.15, 0.2) is 18.2 Å². The molecule has 1 aromatic carbocycles. The Bertz CT molecular complexity index is 581. The normalized spacial score (nSPS) is 11.1. The Morgan fingerprint density at radius 3 is 2.58 bits per heavy atom. The topological polar surface area (TPSA) is 55.9 Å². The van der Waals surface area contributed by atoms with E-state index >= 15 is 0 Å². The van der Waals surface area contributed by atoms with Crippen molar-refractivity contribution in [3.63, 3.8) is 0 Å². The van der Waals surface area contributed by atoms with Gasteiger partial charge in [0.15, 0.2) is 5.82 Å². The second-order valence-corrected chi connectivity index (χ2v) is 5.39. The number of nitrogens with zero attached hydrogens (tertiary/aromatic N) is 2. The molecule has 0 aliphatic rings. The number of para-hydroxylation sites is 1. The molecule has 0 saturated heterocycles. The maximum atomic E-state index is 6.22. The van der Waals surface area contributed by atoms with Crippen molar-refractivity contribution in [2.24, 2.45) is 7.05 Å². The molecule has 0 amide bonds. The third kappa shape index (κ3) is 2.54. The van der Waals surface area contributed by atoms with E-state index in [0.29, 0.717) is 10.7 Å². The predicted molar refractivity (Wildman–Crippen MR) is 81.2 cm³/mol. The monoisotopic (exact) mass is 278 g/mol. The number of hydrogen-bond acceptors (Lipinski definition) is 3. The van der Waals surface area contributed by atoms with Gasteiger partial charge >= 0.3 is 0 Å². The van der Waals surface area contributed by atoms with Gasteiger partial charge in [-0.25, -0.2) is 0 Å². The summed E-state index contributed by atoms with van der Waals surface area (Å²) in [5.74, 6) is 1.06. The van der Waals surface area contributed by atoms with Gasteiger partial charge in [-0.1, -0.05) is 37.6 Å². The van der Waals surface area contributed by atoms with Crippen LogP contribution in [0, 0.1) is 6.92 Å². The number of nitrogens with one attached hydrogen (secondary N) is 1. The molecule has 1 heterocycles. The van der Waals surface area contributed by atoms with Crippen molar-refractivity contribution in [3.05, 3.63) is 34.5 Å². The minimum atomic E-state index is 0.286. The van der Waals surface area contributed by atoms with Crippen LogP contribution in [-0.2, 0) is 7.05 Å². The third-order valence-electron chi connectivity index (χ3n) is 3.12. The van der Waals surface area contributed by atoms with Crippen molar-refractivity contribution in [2.45, 2.75) is 26.7 Å². The largest absolute Gasteiger partial charge is 0.394 e. The first-order chi connectivity index (χ1) is 8.91. The number of nitrogen functional groups attached to an aromatic ring is 1. The summed E-state index contributed by atoms with van der Waals surface area (Å²) in [4.78, 5) is 0. The van der Waals surface area contributed by atoms with Crippen LogP contribution in [0.5, 0.6) is 0 Å². The van der Waals surface area contributed by atoms with Crippen molar-refractivity contribution >= 4 is 28.8 Å². The SMILES string of the molecule is Cc1cccc(Cl)c1Nc1c(N)c(C(C)C)nn1C. The molecule has 0 spiro atoms. The molecule has 0 saturated carbocycles. The maximum absolute atomic E-state index is 6.22. The van der Waals surface area contributed by atoms with E-state index in [1.165, 1.54) is 0 Å². The van der Waals surface area contributed by atoms with E-state index in [-0.39, 0.29) is 5.92 Å². The minimum absolute atomic E-state index is 0.286. The van der Waals surface area contributed by atoms with E-state index in [0.717, 1.165) is 22.8 Å². The van der Waals surface area contributed by atoms with E-state index in [4.69, 9.17) is 17.3 Å². The number of aryl methyl sites for hydroxylation is 2. The van der Waals surface area contributed by atoms with Crippen molar-refractivity contribution in [2.75, 3.05) is 11.1 Å². The Morgan fingerprint density at radius 1 is 1.37 bits per heavy atom. The molecule has 0 aliphatic carbocycles. The Balaban J connectivity index is 2.44. The van der Waals surface area contributed by atoms with Crippen molar-refractivity contribution in [3.8, 4) is 0 Å². The summed E-state index contributed by atoms with van der Waals surface area (Å²) in [6, 6.07) is 5.78. The third-order valence-corrected chi connectivity index (χ3v) is 3.44. The standard InChI is InChI=1S/C14H19ClN4/c1-8(2)12-11(16)14(19(4)18-12)17-13-9(3)6-5-7-10(13)15/h5-8,17H,16H2,1-4H3. The number of hydrogen-bond donors (Lipinski definition) is 2. The molecule has 3 N–H and O–H groups in total. The van der Waals surface area contributed by atoms with Crippen LogP contribution in [0.3, 0.4) is 0 Å². The first-order valence-corrected chi connectivity index (χ1v) is 6.64. The van der Waals surface area contributed by atoms with E-state index in [2.05, 4.69) is 24.3 Å². The second-order valence-electron chi connectivity index (χ2n) is 4.98. The highest BCUT2D eigenvalue weighted by Crippen LogP contribution is 2.34. The second kappa shape index (κ2) is 5.13. The maximum Gasteiger partial charge on any atom is 0.152 e. The van der Waals surface area contributed by atoms with E-state index in [9.17, 15) is 0 Å². The lowest BCUT2D eigenvalue weighted by Gasteiger charge is -2.12. The van der Waals surface area contributed by atoms with E-state index in [1.54, 1.807) is 4.68 Å². The van der Waals surface area contributed by atoms with Gasteiger partial charge in [0.1, 0.15) is 0 Å².